The number of amides is 1. The van der Waals surface area contributed by atoms with Crippen LogP contribution < -0.4 is 10.6 Å². The molecule has 24 heavy (non-hydrogen) atoms. The quantitative estimate of drug-likeness (QED) is 0.888. The van der Waals surface area contributed by atoms with Crippen LogP contribution in [0.15, 0.2) is 18.2 Å². The third-order valence-electron chi connectivity index (χ3n) is 4.95. The minimum Gasteiger partial charge on any atom is -0.372 e. The first-order valence-corrected chi connectivity index (χ1v) is 8.62. The average Bonchev–Trinajstić information content (AvgIpc) is 2.99. The van der Waals surface area contributed by atoms with Gasteiger partial charge in [-0.3, -0.25) is 4.79 Å². The van der Waals surface area contributed by atoms with Gasteiger partial charge >= 0.3 is 0 Å². The number of hydrogen-bond acceptors (Lipinski definition) is 3. The molecule has 1 aromatic carbocycles. The van der Waals surface area contributed by atoms with Crippen LogP contribution >= 0.6 is 0 Å². The highest BCUT2D eigenvalue weighted by Crippen LogP contribution is 2.31. The predicted octanol–water partition coefficient (Wildman–Crippen LogP) is 2.83. The monoisotopic (exact) mass is 338 g/mol. The Kier molecular flexibility index (Phi) is 5.46. The number of ether oxygens (including phenoxy) is 1. The minimum absolute atomic E-state index is 0.0222. The topological polar surface area (TPSA) is 50.4 Å². The van der Waals surface area contributed by atoms with Gasteiger partial charge in [-0.05, 0) is 49.8 Å². The van der Waals surface area contributed by atoms with Crippen LogP contribution in [0.3, 0.4) is 0 Å². The number of nitrogens with one attached hydrogen (secondary N) is 2. The molecule has 0 unspecified atom stereocenters. The largest absolute Gasteiger partial charge is 0.372 e. The number of hydrogen-bond donors (Lipinski definition) is 2. The Morgan fingerprint density at radius 1 is 1.08 bits per heavy atom. The van der Waals surface area contributed by atoms with Gasteiger partial charge in [0.2, 0.25) is 5.91 Å². The first-order chi connectivity index (χ1) is 11.5. The molecule has 0 spiro atoms. The molecule has 2 N–H and O–H groups in total. The highest BCUT2D eigenvalue weighted by Gasteiger charge is 2.33. The van der Waals surface area contributed by atoms with E-state index in [1.807, 2.05) is 0 Å². The van der Waals surface area contributed by atoms with E-state index in [2.05, 4.69) is 10.6 Å². The van der Waals surface area contributed by atoms with Crippen molar-refractivity contribution in [2.24, 2.45) is 0 Å². The molecule has 1 aliphatic carbocycles. The number of carbonyl (C=O) groups is 1. The first-order valence-electron chi connectivity index (χ1n) is 8.62. The summed E-state index contributed by atoms with van der Waals surface area (Å²) in [6, 6.07) is 4.72. The minimum atomic E-state index is -0.836. The van der Waals surface area contributed by atoms with E-state index in [4.69, 9.17) is 4.74 Å². The van der Waals surface area contributed by atoms with Crippen molar-refractivity contribution in [1.29, 1.82) is 0 Å². The van der Waals surface area contributed by atoms with Gasteiger partial charge in [-0.2, -0.15) is 0 Å². The molecule has 0 radical (unpaired) electrons. The number of carbonyl (C=O) groups excluding carboxylic acids is 1. The summed E-state index contributed by atoms with van der Waals surface area (Å²) in [5, 5.41) is 6.59. The highest BCUT2D eigenvalue weighted by molar-refractivity contribution is 5.73. The molecule has 0 bridgehead atoms. The number of rotatable bonds is 4. The van der Waals surface area contributed by atoms with Crippen molar-refractivity contribution >= 4 is 5.91 Å². The van der Waals surface area contributed by atoms with Gasteiger partial charge in [0, 0.05) is 31.7 Å². The van der Waals surface area contributed by atoms with E-state index in [1.165, 1.54) is 6.07 Å². The summed E-state index contributed by atoms with van der Waals surface area (Å²) in [5.74, 6) is -1.65. The Labute approximate surface area is 141 Å². The standard InChI is InChI=1S/C18H24F2N2O2/c1-11(23)21-13-3-5-14(6-4-13)22-17-8-9-24-18(17)12-2-7-15(19)16(20)10-12/h2,7,10,13-14,17-18,22H,3-6,8-9H2,1H3,(H,21,23)/t13?,14?,17-,18+/m0/s1. The van der Waals surface area contributed by atoms with Crippen LogP contribution in [0.5, 0.6) is 0 Å². The molecule has 4 nitrogen and oxygen atoms in total. The molecule has 1 aliphatic heterocycles. The maximum absolute atomic E-state index is 13.5. The van der Waals surface area contributed by atoms with Crippen LogP contribution in [-0.4, -0.2) is 30.6 Å². The summed E-state index contributed by atoms with van der Waals surface area (Å²) in [6.07, 6.45) is 4.52. The Balaban J connectivity index is 1.57. The zero-order chi connectivity index (χ0) is 17.1. The fourth-order valence-corrected chi connectivity index (χ4v) is 3.77. The molecule has 1 saturated heterocycles. The second-order valence-electron chi connectivity index (χ2n) is 6.78. The Morgan fingerprint density at radius 3 is 2.46 bits per heavy atom. The van der Waals surface area contributed by atoms with Gasteiger partial charge in [-0.1, -0.05) is 6.07 Å². The van der Waals surface area contributed by atoms with Crippen molar-refractivity contribution in [2.75, 3.05) is 6.61 Å². The maximum atomic E-state index is 13.5. The van der Waals surface area contributed by atoms with Crippen molar-refractivity contribution in [1.82, 2.24) is 10.6 Å². The molecule has 0 aromatic heterocycles. The van der Waals surface area contributed by atoms with E-state index < -0.39 is 11.6 Å². The Morgan fingerprint density at radius 2 is 1.79 bits per heavy atom. The Bertz CT molecular complexity index is 588. The molecule has 1 amide bonds. The van der Waals surface area contributed by atoms with Crippen LogP contribution in [0.4, 0.5) is 8.78 Å². The normalized spacial score (nSPS) is 30.3. The number of halogens is 2. The lowest BCUT2D eigenvalue weighted by molar-refractivity contribution is -0.119. The maximum Gasteiger partial charge on any atom is 0.217 e. The van der Waals surface area contributed by atoms with Crippen LogP contribution in [0.25, 0.3) is 0 Å². The van der Waals surface area contributed by atoms with E-state index in [0.717, 1.165) is 38.2 Å². The van der Waals surface area contributed by atoms with E-state index in [9.17, 15) is 13.6 Å². The van der Waals surface area contributed by atoms with Crippen molar-refractivity contribution in [2.45, 2.75) is 63.3 Å². The van der Waals surface area contributed by atoms with E-state index >= 15 is 0 Å². The zero-order valence-corrected chi connectivity index (χ0v) is 13.9. The summed E-state index contributed by atoms with van der Waals surface area (Å²) in [4.78, 5) is 11.1. The summed E-state index contributed by atoms with van der Waals surface area (Å²) in [7, 11) is 0. The molecule has 132 valence electrons. The molecule has 3 rings (SSSR count). The SMILES string of the molecule is CC(=O)NC1CCC(N[C@H]2CCO[C@@H]2c2ccc(F)c(F)c2)CC1. The molecule has 2 atom stereocenters. The lowest BCUT2D eigenvalue weighted by atomic mass is 9.89. The van der Waals surface area contributed by atoms with Gasteiger partial charge in [-0.25, -0.2) is 8.78 Å². The third kappa shape index (κ3) is 4.11. The van der Waals surface area contributed by atoms with Crippen LogP contribution in [0.2, 0.25) is 0 Å². The van der Waals surface area contributed by atoms with Gasteiger partial charge in [0.1, 0.15) is 0 Å². The highest BCUT2D eigenvalue weighted by atomic mass is 19.2. The van der Waals surface area contributed by atoms with Crippen molar-refractivity contribution in [3.63, 3.8) is 0 Å². The van der Waals surface area contributed by atoms with Gasteiger partial charge in [0.05, 0.1) is 6.10 Å². The van der Waals surface area contributed by atoms with Crippen molar-refractivity contribution < 1.29 is 18.3 Å². The second-order valence-corrected chi connectivity index (χ2v) is 6.78. The molecule has 6 heteroatoms. The van der Waals surface area contributed by atoms with E-state index in [1.54, 1.807) is 13.0 Å². The fraction of sp³-hybridized carbons (Fsp3) is 0.611. The van der Waals surface area contributed by atoms with Gasteiger partial charge in [0.25, 0.3) is 0 Å². The van der Waals surface area contributed by atoms with E-state index in [-0.39, 0.29) is 24.1 Å². The lowest BCUT2D eigenvalue weighted by Gasteiger charge is -2.32. The smallest absolute Gasteiger partial charge is 0.217 e. The van der Waals surface area contributed by atoms with Gasteiger partial charge in [0.15, 0.2) is 11.6 Å². The van der Waals surface area contributed by atoms with Crippen LogP contribution in [-0.2, 0) is 9.53 Å². The van der Waals surface area contributed by atoms with Crippen LogP contribution in [0.1, 0.15) is 50.7 Å². The first kappa shape index (κ1) is 17.3. The van der Waals surface area contributed by atoms with Crippen molar-refractivity contribution in [3.05, 3.63) is 35.4 Å². The molecule has 2 aliphatic rings. The molecule has 1 heterocycles. The molecule has 1 aromatic rings. The van der Waals surface area contributed by atoms with Gasteiger partial charge < -0.3 is 15.4 Å². The molecular weight excluding hydrogens is 314 g/mol. The van der Waals surface area contributed by atoms with E-state index in [0.29, 0.717) is 18.2 Å². The molecule has 1 saturated carbocycles. The second kappa shape index (κ2) is 7.57. The predicted molar refractivity (Wildman–Crippen MR) is 86.5 cm³/mol. The van der Waals surface area contributed by atoms with Gasteiger partial charge in [-0.15, -0.1) is 0 Å². The third-order valence-corrected chi connectivity index (χ3v) is 4.95. The molecule has 2 fully saturated rings. The summed E-state index contributed by atoms with van der Waals surface area (Å²) >= 11 is 0. The fourth-order valence-electron chi connectivity index (χ4n) is 3.77. The number of benzene rings is 1. The Hall–Kier alpha value is -1.53. The summed E-state index contributed by atoms with van der Waals surface area (Å²) in [5.41, 5.74) is 0.677. The summed E-state index contributed by atoms with van der Waals surface area (Å²) < 4.78 is 32.4. The van der Waals surface area contributed by atoms with Crippen LogP contribution in [0, 0.1) is 11.6 Å². The average molecular weight is 338 g/mol. The van der Waals surface area contributed by atoms with Crippen molar-refractivity contribution in [3.8, 4) is 0 Å². The lowest BCUT2D eigenvalue weighted by Crippen LogP contribution is -2.45. The summed E-state index contributed by atoms with van der Waals surface area (Å²) in [6.45, 7) is 2.16. The zero-order valence-electron chi connectivity index (χ0n) is 13.9. The molecular formula is C18H24F2N2O2.